The van der Waals surface area contributed by atoms with Gasteiger partial charge >= 0.3 is 5.97 Å². The largest absolute Gasteiger partial charge is 0.466 e. The van der Waals surface area contributed by atoms with Gasteiger partial charge in [-0.05, 0) is 49.1 Å². The maximum Gasteiger partial charge on any atom is 0.313 e. The molecular weight excluding hydrogens is 280 g/mol. The van der Waals surface area contributed by atoms with E-state index in [4.69, 9.17) is 4.74 Å². The zero-order chi connectivity index (χ0) is 14.8. The Morgan fingerprint density at radius 1 is 1.19 bits per heavy atom. The van der Waals surface area contributed by atoms with Crippen molar-refractivity contribution in [2.24, 2.45) is 0 Å². The highest BCUT2D eigenvalue weighted by molar-refractivity contribution is 7.99. The molecule has 0 saturated heterocycles. The Morgan fingerprint density at radius 2 is 1.95 bits per heavy atom. The number of ether oxygens (including phenoxy) is 1. The molecule has 0 aromatic heterocycles. The van der Waals surface area contributed by atoms with Crippen molar-refractivity contribution in [2.45, 2.75) is 36.0 Å². The fourth-order valence-corrected chi connectivity index (χ4v) is 3.64. The Kier molecular flexibility index (Phi) is 4.02. The standard InChI is InChI=1S/C18H18O2S/c1-3-20-18(19)12(2)13-8-9-17-15(10-13)11-14-6-4-5-7-16(14)21-17/h4-10,12H,3,11H2,1-2H3. The van der Waals surface area contributed by atoms with E-state index < -0.39 is 0 Å². The zero-order valence-electron chi connectivity index (χ0n) is 12.3. The van der Waals surface area contributed by atoms with Gasteiger partial charge in [0.15, 0.2) is 0 Å². The Morgan fingerprint density at radius 3 is 2.76 bits per heavy atom. The number of carbonyl (C=O) groups is 1. The highest BCUT2D eigenvalue weighted by Crippen LogP contribution is 2.40. The highest BCUT2D eigenvalue weighted by Gasteiger charge is 2.20. The fraction of sp³-hybridized carbons (Fsp3) is 0.278. The van der Waals surface area contributed by atoms with Gasteiger partial charge in [0.05, 0.1) is 12.5 Å². The Labute approximate surface area is 129 Å². The van der Waals surface area contributed by atoms with Crippen LogP contribution < -0.4 is 0 Å². The Hall–Kier alpha value is -1.74. The van der Waals surface area contributed by atoms with Crippen LogP contribution in [-0.2, 0) is 16.0 Å². The molecule has 0 saturated carbocycles. The van der Waals surface area contributed by atoms with Crippen LogP contribution in [-0.4, -0.2) is 12.6 Å². The first-order valence-electron chi connectivity index (χ1n) is 7.24. The first-order chi connectivity index (χ1) is 10.2. The van der Waals surface area contributed by atoms with Gasteiger partial charge in [-0.25, -0.2) is 0 Å². The Bertz CT molecular complexity index is 679. The van der Waals surface area contributed by atoms with Crippen molar-refractivity contribution >= 4 is 17.7 Å². The van der Waals surface area contributed by atoms with E-state index in [1.807, 2.05) is 19.9 Å². The van der Waals surface area contributed by atoms with Gasteiger partial charge in [0.25, 0.3) is 0 Å². The molecule has 0 radical (unpaired) electrons. The van der Waals surface area contributed by atoms with E-state index in [1.165, 1.54) is 20.9 Å². The van der Waals surface area contributed by atoms with Gasteiger partial charge in [0.2, 0.25) is 0 Å². The van der Waals surface area contributed by atoms with Crippen molar-refractivity contribution in [1.82, 2.24) is 0 Å². The van der Waals surface area contributed by atoms with Crippen LogP contribution in [0.3, 0.4) is 0 Å². The summed E-state index contributed by atoms with van der Waals surface area (Å²) in [5.74, 6) is -0.362. The average Bonchev–Trinajstić information content (AvgIpc) is 2.51. The summed E-state index contributed by atoms with van der Waals surface area (Å²) >= 11 is 1.81. The lowest BCUT2D eigenvalue weighted by Crippen LogP contribution is -2.13. The van der Waals surface area contributed by atoms with Crippen molar-refractivity contribution in [1.29, 1.82) is 0 Å². The summed E-state index contributed by atoms with van der Waals surface area (Å²) in [6.45, 7) is 4.17. The van der Waals surface area contributed by atoms with Crippen LogP contribution in [0.15, 0.2) is 52.3 Å². The summed E-state index contributed by atoms with van der Waals surface area (Å²) in [6.07, 6.45) is 0.932. The molecule has 1 atom stereocenters. The molecule has 0 bridgehead atoms. The SMILES string of the molecule is CCOC(=O)C(C)c1ccc2c(c1)Cc1ccccc1S2. The van der Waals surface area contributed by atoms with Crippen molar-refractivity contribution in [3.8, 4) is 0 Å². The van der Waals surface area contributed by atoms with Gasteiger partial charge in [0.1, 0.15) is 0 Å². The molecule has 3 rings (SSSR count). The molecule has 1 aliphatic heterocycles. The first kappa shape index (κ1) is 14.2. The number of rotatable bonds is 3. The van der Waals surface area contributed by atoms with Crippen molar-refractivity contribution in [3.05, 3.63) is 59.2 Å². The summed E-state index contributed by atoms with van der Waals surface area (Å²) in [4.78, 5) is 14.5. The van der Waals surface area contributed by atoms with E-state index in [9.17, 15) is 4.79 Å². The third-order valence-corrected chi connectivity index (χ3v) is 5.03. The van der Waals surface area contributed by atoms with Crippen LogP contribution in [0, 0.1) is 0 Å². The topological polar surface area (TPSA) is 26.3 Å². The number of carbonyl (C=O) groups excluding carboxylic acids is 1. The van der Waals surface area contributed by atoms with Crippen molar-refractivity contribution in [3.63, 3.8) is 0 Å². The lowest BCUT2D eigenvalue weighted by Gasteiger charge is -2.20. The van der Waals surface area contributed by atoms with E-state index in [0.717, 1.165) is 12.0 Å². The van der Waals surface area contributed by atoms with Gasteiger partial charge in [-0.2, -0.15) is 0 Å². The van der Waals surface area contributed by atoms with Gasteiger partial charge in [0, 0.05) is 9.79 Å². The monoisotopic (exact) mass is 298 g/mol. The second-order valence-corrected chi connectivity index (χ2v) is 6.31. The molecule has 21 heavy (non-hydrogen) atoms. The van der Waals surface area contributed by atoms with Crippen LogP contribution in [0.2, 0.25) is 0 Å². The molecule has 0 aliphatic carbocycles. The summed E-state index contributed by atoms with van der Waals surface area (Å²) < 4.78 is 5.11. The fourth-order valence-electron chi connectivity index (χ4n) is 2.58. The summed E-state index contributed by atoms with van der Waals surface area (Å²) in [6, 6.07) is 14.8. The number of hydrogen-bond acceptors (Lipinski definition) is 3. The number of benzene rings is 2. The smallest absolute Gasteiger partial charge is 0.313 e. The molecule has 3 heteroatoms. The number of esters is 1. The minimum absolute atomic E-state index is 0.152. The molecule has 108 valence electrons. The van der Waals surface area contributed by atoms with E-state index in [2.05, 4.69) is 36.4 Å². The maximum atomic E-state index is 11.9. The van der Waals surface area contributed by atoms with Crippen LogP contribution >= 0.6 is 11.8 Å². The minimum Gasteiger partial charge on any atom is -0.466 e. The predicted octanol–water partition coefficient (Wildman–Crippen LogP) is 4.41. The van der Waals surface area contributed by atoms with Crippen LogP contribution in [0.25, 0.3) is 0 Å². The lowest BCUT2D eigenvalue weighted by molar-refractivity contribution is -0.144. The molecule has 1 heterocycles. The van der Waals surface area contributed by atoms with Crippen LogP contribution in [0.5, 0.6) is 0 Å². The number of hydrogen-bond donors (Lipinski definition) is 0. The second-order valence-electron chi connectivity index (χ2n) is 5.23. The second kappa shape index (κ2) is 5.94. The molecule has 1 aliphatic rings. The maximum absolute atomic E-state index is 11.9. The lowest BCUT2D eigenvalue weighted by atomic mass is 9.96. The van der Waals surface area contributed by atoms with E-state index in [1.54, 1.807) is 11.8 Å². The van der Waals surface area contributed by atoms with Crippen LogP contribution in [0.4, 0.5) is 0 Å². The minimum atomic E-state index is -0.211. The van der Waals surface area contributed by atoms with Crippen molar-refractivity contribution in [2.75, 3.05) is 6.61 Å². The van der Waals surface area contributed by atoms with Gasteiger partial charge in [-0.3, -0.25) is 4.79 Å². The zero-order valence-corrected chi connectivity index (χ0v) is 13.1. The van der Waals surface area contributed by atoms with Crippen molar-refractivity contribution < 1.29 is 9.53 Å². The molecule has 0 spiro atoms. The molecule has 0 N–H and O–H groups in total. The first-order valence-corrected chi connectivity index (χ1v) is 8.06. The molecule has 0 fully saturated rings. The quantitative estimate of drug-likeness (QED) is 0.670. The molecule has 1 unspecified atom stereocenters. The van der Waals surface area contributed by atoms with Gasteiger partial charge in [-0.1, -0.05) is 42.1 Å². The van der Waals surface area contributed by atoms with Gasteiger partial charge in [-0.15, -0.1) is 0 Å². The predicted molar refractivity (Wildman–Crippen MR) is 84.9 cm³/mol. The normalized spacial score (nSPS) is 14.0. The summed E-state index contributed by atoms with van der Waals surface area (Å²) in [5, 5.41) is 0. The highest BCUT2D eigenvalue weighted by atomic mass is 32.2. The molecule has 0 amide bonds. The van der Waals surface area contributed by atoms with E-state index in [-0.39, 0.29) is 11.9 Å². The summed E-state index contributed by atoms with van der Waals surface area (Å²) in [5.41, 5.74) is 3.69. The molecule has 2 nitrogen and oxygen atoms in total. The van der Waals surface area contributed by atoms with E-state index >= 15 is 0 Å². The third-order valence-electron chi connectivity index (χ3n) is 3.80. The summed E-state index contributed by atoms with van der Waals surface area (Å²) in [7, 11) is 0. The molecular formula is C18H18O2S. The van der Waals surface area contributed by atoms with E-state index in [0.29, 0.717) is 6.61 Å². The van der Waals surface area contributed by atoms with Gasteiger partial charge < -0.3 is 4.74 Å². The molecule has 2 aromatic rings. The average molecular weight is 298 g/mol. The number of fused-ring (bicyclic) bond motifs is 2. The Balaban J connectivity index is 1.88. The van der Waals surface area contributed by atoms with Crippen LogP contribution in [0.1, 0.15) is 36.5 Å². The molecule has 2 aromatic carbocycles. The third kappa shape index (κ3) is 2.84.